The van der Waals surface area contributed by atoms with Crippen molar-refractivity contribution in [3.63, 3.8) is 0 Å². The third-order valence-corrected chi connectivity index (χ3v) is 4.59. The summed E-state index contributed by atoms with van der Waals surface area (Å²) in [5, 5.41) is 8.73. The fourth-order valence-corrected chi connectivity index (χ4v) is 3.43. The van der Waals surface area contributed by atoms with Crippen molar-refractivity contribution in [2.24, 2.45) is 0 Å². The van der Waals surface area contributed by atoms with E-state index in [1.807, 2.05) is 18.2 Å². The van der Waals surface area contributed by atoms with Crippen LogP contribution >= 0.6 is 24.0 Å². The Morgan fingerprint density at radius 1 is 1.30 bits per heavy atom. The van der Waals surface area contributed by atoms with Crippen molar-refractivity contribution in [3.05, 3.63) is 41.1 Å². The van der Waals surface area contributed by atoms with Gasteiger partial charge in [0.2, 0.25) is 0 Å². The van der Waals surface area contributed by atoms with E-state index in [2.05, 4.69) is 9.97 Å². The zero-order chi connectivity index (χ0) is 16.4. The van der Waals surface area contributed by atoms with Crippen molar-refractivity contribution >= 4 is 57.3 Å². The monoisotopic (exact) mass is 345 g/mol. The molecular formula is C15H11N3O3S2. The maximum Gasteiger partial charge on any atom is 0.305 e. The summed E-state index contributed by atoms with van der Waals surface area (Å²) >= 11 is 6.33. The van der Waals surface area contributed by atoms with Gasteiger partial charge >= 0.3 is 5.97 Å². The number of carboxylic acids is 1. The quantitative estimate of drug-likeness (QED) is 0.672. The molecule has 0 spiro atoms. The molecule has 1 amide bonds. The molecular weight excluding hydrogens is 334 g/mol. The lowest BCUT2D eigenvalue weighted by Crippen LogP contribution is -2.30. The second kappa shape index (κ2) is 6.43. The van der Waals surface area contributed by atoms with Crippen LogP contribution in [0.1, 0.15) is 12.0 Å². The van der Waals surface area contributed by atoms with Crippen molar-refractivity contribution in [1.82, 2.24) is 14.9 Å². The number of carbonyl (C=O) groups is 2. The first-order chi connectivity index (χ1) is 11.0. The highest BCUT2D eigenvalue weighted by atomic mass is 32.2. The largest absolute Gasteiger partial charge is 0.481 e. The molecule has 1 aliphatic rings. The summed E-state index contributed by atoms with van der Waals surface area (Å²) in [5.74, 6) is -1.23. The summed E-state index contributed by atoms with van der Waals surface area (Å²) in [4.78, 5) is 33.2. The Balaban J connectivity index is 1.85. The molecule has 1 fully saturated rings. The molecule has 2 aromatic rings. The van der Waals surface area contributed by atoms with Crippen LogP contribution in [0.15, 0.2) is 35.5 Å². The first kappa shape index (κ1) is 15.6. The fraction of sp³-hybridized carbons (Fsp3) is 0.133. The number of benzene rings is 1. The molecule has 116 valence electrons. The third-order valence-electron chi connectivity index (χ3n) is 3.21. The summed E-state index contributed by atoms with van der Waals surface area (Å²) in [6, 6.07) is 5.52. The van der Waals surface area contributed by atoms with Gasteiger partial charge in [-0.1, -0.05) is 30.0 Å². The average molecular weight is 345 g/mol. The Labute approximate surface area is 141 Å². The van der Waals surface area contributed by atoms with Crippen LogP contribution in [0.25, 0.3) is 17.1 Å². The van der Waals surface area contributed by atoms with Crippen LogP contribution in [-0.2, 0) is 9.59 Å². The van der Waals surface area contributed by atoms with Crippen LogP contribution in [0.2, 0.25) is 0 Å². The van der Waals surface area contributed by atoms with Gasteiger partial charge in [-0.3, -0.25) is 24.5 Å². The number of thioether (sulfide) groups is 1. The predicted molar refractivity (Wildman–Crippen MR) is 91.7 cm³/mol. The lowest BCUT2D eigenvalue weighted by molar-refractivity contribution is -0.137. The van der Waals surface area contributed by atoms with E-state index >= 15 is 0 Å². The van der Waals surface area contributed by atoms with E-state index in [-0.39, 0.29) is 18.9 Å². The predicted octanol–water partition coefficient (Wildman–Crippen LogP) is 2.31. The molecule has 1 aromatic heterocycles. The Hall–Kier alpha value is -2.32. The number of rotatable bonds is 4. The van der Waals surface area contributed by atoms with Gasteiger partial charge in [0.25, 0.3) is 5.91 Å². The number of amides is 1. The van der Waals surface area contributed by atoms with E-state index in [9.17, 15) is 9.59 Å². The summed E-state index contributed by atoms with van der Waals surface area (Å²) < 4.78 is 0.378. The van der Waals surface area contributed by atoms with Crippen LogP contribution in [-0.4, -0.2) is 42.7 Å². The normalized spacial score (nSPS) is 16.5. The Kier molecular flexibility index (Phi) is 4.35. The van der Waals surface area contributed by atoms with Crippen LogP contribution in [0.4, 0.5) is 0 Å². The molecule has 0 aliphatic carbocycles. The average Bonchev–Trinajstić information content (AvgIpc) is 2.79. The van der Waals surface area contributed by atoms with E-state index in [0.29, 0.717) is 9.23 Å². The molecule has 2 heterocycles. The SMILES string of the molecule is O=C(O)CCN1C(=O)C(=Cc2ccc3nccnc3c2)SC1=S. The number of nitrogens with zero attached hydrogens (tertiary/aromatic N) is 3. The molecule has 0 saturated carbocycles. The molecule has 0 radical (unpaired) electrons. The van der Waals surface area contributed by atoms with E-state index < -0.39 is 5.97 Å². The molecule has 6 nitrogen and oxygen atoms in total. The smallest absolute Gasteiger partial charge is 0.305 e. The van der Waals surface area contributed by atoms with Gasteiger partial charge in [0.1, 0.15) is 4.32 Å². The minimum Gasteiger partial charge on any atom is -0.481 e. The third kappa shape index (κ3) is 3.38. The van der Waals surface area contributed by atoms with Crippen LogP contribution in [0.3, 0.4) is 0 Å². The number of carbonyl (C=O) groups excluding carboxylic acids is 1. The van der Waals surface area contributed by atoms with Crippen LogP contribution in [0.5, 0.6) is 0 Å². The topological polar surface area (TPSA) is 83.4 Å². The number of hydrogen-bond donors (Lipinski definition) is 1. The van der Waals surface area contributed by atoms with Gasteiger partial charge in [-0.05, 0) is 23.8 Å². The molecule has 1 N–H and O–H groups in total. The molecule has 0 atom stereocenters. The number of carboxylic acid groups (broad SMARTS) is 1. The Bertz CT molecular complexity index is 851. The van der Waals surface area contributed by atoms with E-state index in [1.165, 1.54) is 16.7 Å². The van der Waals surface area contributed by atoms with Gasteiger partial charge in [0.05, 0.1) is 22.4 Å². The second-order valence-corrected chi connectivity index (χ2v) is 6.46. The minimum absolute atomic E-state index is 0.0839. The van der Waals surface area contributed by atoms with Gasteiger partial charge in [0.15, 0.2) is 0 Å². The summed E-state index contributed by atoms with van der Waals surface area (Å²) in [6.07, 6.45) is 4.83. The summed E-state index contributed by atoms with van der Waals surface area (Å²) in [6.45, 7) is 0.0839. The number of thiocarbonyl (C=S) groups is 1. The molecule has 1 saturated heterocycles. The first-order valence-corrected chi connectivity index (χ1v) is 7.95. The zero-order valence-corrected chi connectivity index (χ0v) is 13.4. The zero-order valence-electron chi connectivity index (χ0n) is 11.8. The maximum absolute atomic E-state index is 12.3. The molecule has 8 heteroatoms. The lowest BCUT2D eigenvalue weighted by Gasteiger charge is -2.12. The number of aromatic nitrogens is 2. The van der Waals surface area contributed by atoms with Crippen LogP contribution < -0.4 is 0 Å². The standard InChI is InChI=1S/C15H11N3O3S2/c19-13(20)3-6-18-14(21)12(23-15(18)22)8-9-1-2-10-11(7-9)17-5-4-16-10/h1-2,4-5,7-8H,3,6H2,(H,19,20). The Morgan fingerprint density at radius 2 is 2.04 bits per heavy atom. The lowest BCUT2D eigenvalue weighted by atomic mass is 10.1. The molecule has 1 aliphatic heterocycles. The van der Waals surface area contributed by atoms with Crippen molar-refractivity contribution < 1.29 is 14.7 Å². The molecule has 0 unspecified atom stereocenters. The number of fused-ring (bicyclic) bond motifs is 1. The van der Waals surface area contributed by atoms with Crippen molar-refractivity contribution in [2.75, 3.05) is 6.54 Å². The summed E-state index contributed by atoms with van der Waals surface area (Å²) in [5.41, 5.74) is 2.33. The maximum atomic E-state index is 12.3. The summed E-state index contributed by atoms with van der Waals surface area (Å²) in [7, 11) is 0. The van der Waals surface area contributed by atoms with Gasteiger partial charge in [-0.25, -0.2) is 0 Å². The highest BCUT2D eigenvalue weighted by Gasteiger charge is 2.32. The molecule has 0 bridgehead atoms. The highest BCUT2D eigenvalue weighted by Crippen LogP contribution is 2.32. The minimum atomic E-state index is -0.962. The van der Waals surface area contributed by atoms with Crippen molar-refractivity contribution in [3.8, 4) is 0 Å². The molecule has 1 aromatic carbocycles. The van der Waals surface area contributed by atoms with E-state index in [4.69, 9.17) is 17.3 Å². The van der Waals surface area contributed by atoms with Crippen molar-refractivity contribution in [1.29, 1.82) is 0 Å². The van der Waals surface area contributed by atoms with Gasteiger partial charge in [-0.15, -0.1) is 0 Å². The van der Waals surface area contributed by atoms with E-state index in [0.717, 1.165) is 16.6 Å². The fourth-order valence-electron chi connectivity index (χ4n) is 2.12. The number of hydrogen-bond acceptors (Lipinski definition) is 6. The van der Waals surface area contributed by atoms with Gasteiger partial charge < -0.3 is 5.11 Å². The van der Waals surface area contributed by atoms with Gasteiger partial charge in [-0.2, -0.15) is 0 Å². The second-order valence-electron chi connectivity index (χ2n) is 4.78. The number of aliphatic carboxylic acids is 1. The molecule has 3 rings (SSSR count). The van der Waals surface area contributed by atoms with E-state index in [1.54, 1.807) is 18.5 Å². The Morgan fingerprint density at radius 3 is 2.78 bits per heavy atom. The highest BCUT2D eigenvalue weighted by molar-refractivity contribution is 8.26. The molecule has 23 heavy (non-hydrogen) atoms. The van der Waals surface area contributed by atoms with Crippen LogP contribution in [0, 0.1) is 0 Å². The van der Waals surface area contributed by atoms with Gasteiger partial charge in [0, 0.05) is 18.9 Å². The first-order valence-electron chi connectivity index (χ1n) is 6.72. The van der Waals surface area contributed by atoms with Crippen molar-refractivity contribution in [2.45, 2.75) is 6.42 Å².